The van der Waals surface area contributed by atoms with Gasteiger partial charge in [0.25, 0.3) is 0 Å². The summed E-state index contributed by atoms with van der Waals surface area (Å²) in [7, 11) is 0. The number of rotatable bonds is 0. The molecule has 0 heterocycles. The Morgan fingerprint density at radius 2 is 1.77 bits per heavy atom. The van der Waals surface area contributed by atoms with Gasteiger partial charge in [0, 0.05) is 4.47 Å². The molecule has 0 saturated heterocycles. The van der Waals surface area contributed by atoms with E-state index in [-0.39, 0.29) is 9.37 Å². The van der Waals surface area contributed by atoms with E-state index in [1.54, 1.807) is 0 Å². The third-order valence-corrected chi connectivity index (χ3v) is 2.78. The zero-order valence-electron chi connectivity index (χ0n) is 5.99. The Balaban J connectivity index is 3.35. The van der Waals surface area contributed by atoms with Crippen LogP contribution in [0, 0.1) is 5.82 Å². The third-order valence-electron chi connectivity index (χ3n) is 1.37. The lowest BCUT2D eigenvalue weighted by atomic mass is 10.2. The molecule has 1 aromatic rings. The maximum atomic E-state index is 12.9. The van der Waals surface area contributed by atoms with Crippen molar-refractivity contribution >= 4 is 28.6 Å². The molecule has 0 spiro atoms. The zero-order chi connectivity index (χ0) is 10.2. The Hall–Kier alpha value is -0.230. The van der Waals surface area contributed by atoms with Crippen LogP contribution < -0.4 is 0 Å². The van der Waals surface area contributed by atoms with E-state index in [1.165, 1.54) is 0 Å². The second-order valence-corrected chi connectivity index (χ2v) is 3.56. The predicted octanol–water partition coefficient (Wildman–Crippen LogP) is 3.90. The van der Waals surface area contributed by atoms with Crippen LogP contribution in [0.3, 0.4) is 0 Å². The van der Waals surface area contributed by atoms with Gasteiger partial charge >= 0.3 is 6.18 Å². The maximum absolute atomic E-state index is 12.9. The summed E-state index contributed by atoms with van der Waals surface area (Å²) in [6.07, 6.45) is -4.68. The van der Waals surface area contributed by atoms with Crippen molar-refractivity contribution in [3.63, 3.8) is 0 Å². The molecule has 0 radical (unpaired) electrons. The minimum Gasteiger partial charge on any atom is -0.205 e. The predicted molar refractivity (Wildman–Crippen MR) is 46.4 cm³/mol. The van der Waals surface area contributed by atoms with Crippen LogP contribution in [0.5, 0.6) is 0 Å². The Labute approximate surface area is 85.5 Å². The quantitative estimate of drug-likeness (QED) is 0.539. The lowest BCUT2D eigenvalue weighted by Crippen LogP contribution is -2.08. The van der Waals surface area contributed by atoms with Crippen molar-refractivity contribution in [3.8, 4) is 0 Å². The van der Waals surface area contributed by atoms with E-state index in [4.69, 9.17) is 0 Å². The Morgan fingerprint density at radius 1 is 1.23 bits per heavy atom. The van der Waals surface area contributed by atoms with E-state index in [0.29, 0.717) is 6.07 Å². The fourth-order valence-corrected chi connectivity index (χ4v) is 1.26. The molecule has 0 fully saturated rings. The van der Waals surface area contributed by atoms with Crippen molar-refractivity contribution in [2.45, 2.75) is 11.1 Å². The molecule has 0 saturated carbocycles. The molecule has 13 heavy (non-hydrogen) atoms. The van der Waals surface area contributed by atoms with Gasteiger partial charge in [0.2, 0.25) is 0 Å². The fraction of sp³-hybridized carbons (Fsp3) is 0.143. The smallest absolute Gasteiger partial charge is 0.205 e. The van der Waals surface area contributed by atoms with Gasteiger partial charge in [-0.3, -0.25) is 0 Å². The van der Waals surface area contributed by atoms with Gasteiger partial charge in [0.05, 0.1) is 10.5 Å². The minimum absolute atomic E-state index is 0.196. The first-order chi connectivity index (χ1) is 5.84. The molecule has 6 heteroatoms. The van der Waals surface area contributed by atoms with Crippen LogP contribution in [0.1, 0.15) is 5.56 Å². The van der Waals surface area contributed by atoms with Crippen LogP contribution in [0.4, 0.5) is 17.6 Å². The van der Waals surface area contributed by atoms with Gasteiger partial charge < -0.3 is 0 Å². The van der Waals surface area contributed by atoms with E-state index in [9.17, 15) is 17.6 Å². The lowest BCUT2D eigenvalue weighted by molar-refractivity contribution is -0.140. The lowest BCUT2D eigenvalue weighted by Gasteiger charge is -2.09. The molecule has 0 aliphatic heterocycles. The van der Waals surface area contributed by atoms with Gasteiger partial charge in [-0.2, -0.15) is 13.2 Å². The summed E-state index contributed by atoms with van der Waals surface area (Å²) >= 11 is 6.45. The molecule has 0 aromatic heterocycles. The van der Waals surface area contributed by atoms with Crippen molar-refractivity contribution in [2.75, 3.05) is 0 Å². The molecule has 0 bridgehead atoms. The van der Waals surface area contributed by atoms with E-state index in [1.807, 2.05) is 0 Å². The summed E-state index contributed by atoms with van der Waals surface area (Å²) in [6.45, 7) is 0. The van der Waals surface area contributed by atoms with Crippen LogP contribution in [-0.4, -0.2) is 0 Å². The van der Waals surface area contributed by atoms with Crippen LogP contribution in [-0.2, 0) is 6.18 Å². The highest BCUT2D eigenvalue weighted by atomic mass is 79.9. The van der Waals surface area contributed by atoms with Crippen LogP contribution in [0.25, 0.3) is 0 Å². The number of alkyl halides is 3. The Kier molecular flexibility index (Phi) is 2.91. The standard InChI is InChI=1S/C7H3BrF4S/c8-4-2-1-3(7(10,11)12)5(9)6(4)13/h1-2,13H. The van der Waals surface area contributed by atoms with Crippen molar-refractivity contribution < 1.29 is 17.6 Å². The average Bonchev–Trinajstić information content (AvgIpc) is 1.98. The molecule has 72 valence electrons. The summed E-state index contributed by atoms with van der Waals surface area (Å²) < 4.78 is 49.3. The summed E-state index contributed by atoms with van der Waals surface area (Å²) in [5, 5.41) is 0. The first-order valence-corrected chi connectivity index (χ1v) is 4.32. The number of benzene rings is 1. The van der Waals surface area contributed by atoms with Gasteiger partial charge in [-0.15, -0.1) is 12.6 Å². The highest BCUT2D eigenvalue weighted by molar-refractivity contribution is 9.10. The number of thiol groups is 1. The molecule has 0 aliphatic carbocycles. The molecule has 0 N–H and O–H groups in total. The minimum atomic E-state index is -4.68. The summed E-state index contributed by atoms with van der Waals surface area (Å²) in [5.74, 6) is -1.36. The van der Waals surface area contributed by atoms with Gasteiger partial charge in [-0.05, 0) is 28.1 Å². The van der Waals surface area contributed by atoms with E-state index < -0.39 is 17.6 Å². The Morgan fingerprint density at radius 3 is 2.23 bits per heavy atom. The fourth-order valence-electron chi connectivity index (χ4n) is 0.760. The molecule has 0 unspecified atom stereocenters. The average molecular weight is 275 g/mol. The van der Waals surface area contributed by atoms with Crippen LogP contribution >= 0.6 is 28.6 Å². The van der Waals surface area contributed by atoms with E-state index in [2.05, 4.69) is 28.6 Å². The molecule has 0 atom stereocenters. The van der Waals surface area contributed by atoms with Crippen molar-refractivity contribution in [1.29, 1.82) is 0 Å². The maximum Gasteiger partial charge on any atom is 0.419 e. The second kappa shape index (κ2) is 3.49. The van der Waals surface area contributed by atoms with Crippen molar-refractivity contribution in [3.05, 3.63) is 28.0 Å². The second-order valence-electron chi connectivity index (χ2n) is 2.26. The number of hydrogen-bond donors (Lipinski definition) is 1. The molecule has 0 amide bonds. The zero-order valence-corrected chi connectivity index (χ0v) is 8.47. The molecule has 1 aromatic carbocycles. The Bertz CT molecular complexity index is 334. The first-order valence-electron chi connectivity index (χ1n) is 3.08. The molecule has 0 aliphatic rings. The van der Waals surface area contributed by atoms with Gasteiger partial charge in [0.1, 0.15) is 5.82 Å². The van der Waals surface area contributed by atoms with E-state index >= 15 is 0 Å². The third kappa shape index (κ3) is 2.17. The summed E-state index contributed by atoms with van der Waals surface area (Å²) in [6, 6.07) is 1.77. The molecular weight excluding hydrogens is 272 g/mol. The largest absolute Gasteiger partial charge is 0.419 e. The highest BCUT2D eigenvalue weighted by Gasteiger charge is 2.34. The van der Waals surface area contributed by atoms with Gasteiger partial charge in [-0.1, -0.05) is 0 Å². The van der Waals surface area contributed by atoms with Gasteiger partial charge in [0.15, 0.2) is 0 Å². The number of halogens is 5. The van der Waals surface area contributed by atoms with E-state index in [0.717, 1.165) is 6.07 Å². The van der Waals surface area contributed by atoms with Crippen molar-refractivity contribution in [1.82, 2.24) is 0 Å². The molecular formula is C7H3BrF4S. The SMILES string of the molecule is Fc1c(C(F)(F)F)ccc(Br)c1S. The van der Waals surface area contributed by atoms with Crippen molar-refractivity contribution in [2.24, 2.45) is 0 Å². The molecule has 1 rings (SSSR count). The van der Waals surface area contributed by atoms with Crippen LogP contribution in [0.15, 0.2) is 21.5 Å². The topological polar surface area (TPSA) is 0 Å². The number of hydrogen-bond acceptors (Lipinski definition) is 1. The normalized spacial score (nSPS) is 11.8. The summed E-state index contributed by atoms with van der Waals surface area (Å²) in [5.41, 5.74) is -1.30. The van der Waals surface area contributed by atoms with Gasteiger partial charge in [-0.25, -0.2) is 4.39 Å². The summed E-state index contributed by atoms with van der Waals surface area (Å²) in [4.78, 5) is -0.338. The monoisotopic (exact) mass is 274 g/mol. The first kappa shape index (κ1) is 10.8. The highest BCUT2D eigenvalue weighted by Crippen LogP contribution is 2.35. The van der Waals surface area contributed by atoms with Crippen LogP contribution in [0.2, 0.25) is 0 Å². The molecule has 0 nitrogen and oxygen atoms in total.